The van der Waals surface area contributed by atoms with Gasteiger partial charge in [0.2, 0.25) is 5.78 Å². The molecule has 0 saturated heterocycles. The van der Waals surface area contributed by atoms with Gasteiger partial charge in [0, 0.05) is 13.3 Å². The fourth-order valence-corrected chi connectivity index (χ4v) is 1.56. The van der Waals surface area contributed by atoms with Gasteiger partial charge >= 0.3 is 0 Å². The summed E-state index contributed by atoms with van der Waals surface area (Å²) >= 11 is 0. The Hall–Kier alpha value is -1.29. The van der Waals surface area contributed by atoms with E-state index in [1.54, 1.807) is 0 Å². The molecule has 0 N–H and O–H groups in total. The van der Waals surface area contributed by atoms with E-state index in [4.69, 9.17) is 0 Å². The monoisotopic (exact) mass is 232 g/mol. The van der Waals surface area contributed by atoms with Gasteiger partial charge in [-0.25, -0.2) is 0 Å². The number of rotatable bonds is 9. The van der Waals surface area contributed by atoms with Crippen molar-refractivity contribution in [3.8, 4) is 11.8 Å². The van der Waals surface area contributed by atoms with Crippen molar-refractivity contribution in [1.29, 1.82) is 0 Å². The van der Waals surface area contributed by atoms with Crippen LogP contribution in [0.25, 0.3) is 0 Å². The van der Waals surface area contributed by atoms with Crippen LogP contribution in [0.4, 0.5) is 0 Å². The van der Waals surface area contributed by atoms with Crippen molar-refractivity contribution in [2.75, 3.05) is 0 Å². The van der Waals surface area contributed by atoms with Gasteiger partial charge in [-0.1, -0.05) is 56.4 Å². The van der Waals surface area contributed by atoms with E-state index in [-0.39, 0.29) is 5.78 Å². The van der Waals surface area contributed by atoms with Crippen LogP contribution in [0.5, 0.6) is 0 Å². The Labute approximate surface area is 106 Å². The molecule has 0 aliphatic rings. The summed E-state index contributed by atoms with van der Waals surface area (Å²) in [5.74, 6) is 5.43. The molecule has 0 amide bonds. The quantitative estimate of drug-likeness (QED) is 0.248. The number of allylic oxidation sites excluding steroid dienone is 3. The number of unbranched alkanes of at least 4 members (excludes halogenated alkanes) is 7. The molecule has 0 unspecified atom stereocenters. The summed E-state index contributed by atoms with van der Waals surface area (Å²) in [6.07, 6.45) is 15.5. The Morgan fingerprint density at radius 3 is 2.41 bits per heavy atom. The minimum atomic E-state index is -0.0300. The van der Waals surface area contributed by atoms with Crippen LogP contribution >= 0.6 is 0 Å². The first-order valence-electron chi connectivity index (χ1n) is 6.54. The Kier molecular flexibility index (Phi) is 11.8. The van der Waals surface area contributed by atoms with Crippen LogP contribution in [-0.4, -0.2) is 5.78 Å². The van der Waals surface area contributed by atoms with Gasteiger partial charge in [0.1, 0.15) is 0 Å². The molecule has 0 fully saturated rings. The van der Waals surface area contributed by atoms with E-state index < -0.39 is 0 Å². The van der Waals surface area contributed by atoms with Crippen LogP contribution in [0.1, 0.15) is 58.3 Å². The van der Waals surface area contributed by atoms with Crippen molar-refractivity contribution in [3.63, 3.8) is 0 Å². The van der Waals surface area contributed by atoms with Crippen molar-refractivity contribution < 1.29 is 4.79 Å². The lowest BCUT2D eigenvalue weighted by molar-refractivity contribution is -0.111. The van der Waals surface area contributed by atoms with E-state index in [1.165, 1.54) is 39.0 Å². The van der Waals surface area contributed by atoms with Gasteiger partial charge in [0.05, 0.1) is 0 Å². The predicted octanol–water partition coefficient (Wildman–Crippen LogP) is 4.44. The van der Waals surface area contributed by atoms with Gasteiger partial charge in [0.15, 0.2) is 0 Å². The summed E-state index contributed by atoms with van der Waals surface area (Å²) in [6.45, 7) is 5.14. The number of ketones is 1. The Morgan fingerprint density at radius 2 is 1.76 bits per heavy atom. The maximum absolute atomic E-state index is 10.5. The molecule has 0 atom stereocenters. The highest BCUT2D eigenvalue weighted by molar-refractivity contribution is 5.93. The normalized spacial score (nSPS) is 9.94. The number of hydrogen-bond acceptors (Lipinski definition) is 1. The molecule has 0 aromatic carbocycles. The molecule has 0 bridgehead atoms. The van der Waals surface area contributed by atoms with Crippen LogP contribution in [0, 0.1) is 11.8 Å². The average Bonchev–Trinajstić information content (AvgIpc) is 2.30. The lowest BCUT2D eigenvalue weighted by Gasteiger charge is -1.98. The number of hydrogen-bond donors (Lipinski definition) is 0. The molecule has 1 nitrogen and oxygen atoms in total. The van der Waals surface area contributed by atoms with E-state index in [2.05, 4.69) is 24.5 Å². The topological polar surface area (TPSA) is 17.1 Å². The molecule has 0 saturated carbocycles. The lowest BCUT2D eigenvalue weighted by atomic mass is 10.1. The zero-order chi connectivity index (χ0) is 12.8. The van der Waals surface area contributed by atoms with Gasteiger partial charge in [-0.2, -0.15) is 0 Å². The molecule has 0 heterocycles. The molecule has 0 radical (unpaired) electrons. The first kappa shape index (κ1) is 15.7. The maximum Gasteiger partial charge on any atom is 0.202 e. The molecule has 0 aliphatic carbocycles. The number of carbonyl (C=O) groups is 1. The van der Waals surface area contributed by atoms with Crippen LogP contribution < -0.4 is 0 Å². The molecule has 0 aliphatic heterocycles. The van der Waals surface area contributed by atoms with Gasteiger partial charge in [-0.3, -0.25) is 4.79 Å². The zero-order valence-corrected chi connectivity index (χ0v) is 11.0. The zero-order valence-electron chi connectivity index (χ0n) is 11.0. The SMILES string of the molecule is C=CC=CCCCCCCCCC#CC(C)=O. The standard InChI is InChI=1S/C16H24O/c1-3-4-5-6-7-8-9-10-11-12-13-14-15-16(2)17/h3-5H,1,6-13H2,2H3. The van der Waals surface area contributed by atoms with E-state index in [1.807, 2.05) is 12.2 Å². The minimum absolute atomic E-state index is 0.0300. The van der Waals surface area contributed by atoms with Crippen molar-refractivity contribution in [2.45, 2.75) is 58.3 Å². The summed E-state index contributed by atoms with van der Waals surface area (Å²) in [5.41, 5.74) is 0. The summed E-state index contributed by atoms with van der Waals surface area (Å²) < 4.78 is 0. The predicted molar refractivity (Wildman–Crippen MR) is 74.7 cm³/mol. The third-order valence-electron chi connectivity index (χ3n) is 2.46. The Bertz CT molecular complexity index is 288. The molecule has 17 heavy (non-hydrogen) atoms. The Morgan fingerprint density at radius 1 is 1.12 bits per heavy atom. The highest BCUT2D eigenvalue weighted by atomic mass is 16.1. The molecule has 0 aromatic rings. The second-order valence-corrected chi connectivity index (χ2v) is 4.18. The molecule has 0 aromatic heterocycles. The summed E-state index contributed by atoms with van der Waals surface area (Å²) in [4.78, 5) is 10.5. The van der Waals surface area contributed by atoms with Gasteiger partial charge in [-0.15, -0.1) is 0 Å². The average molecular weight is 232 g/mol. The second kappa shape index (κ2) is 12.8. The first-order valence-corrected chi connectivity index (χ1v) is 6.54. The molecule has 1 heteroatoms. The molecular weight excluding hydrogens is 208 g/mol. The van der Waals surface area contributed by atoms with E-state index in [0.29, 0.717) is 0 Å². The third-order valence-corrected chi connectivity index (χ3v) is 2.46. The van der Waals surface area contributed by atoms with Gasteiger partial charge in [-0.05, 0) is 25.2 Å². The minimum Gasteiger partial charge on any atom is -0.285 e. The van der Waals surface area contributed by atoms with Crippen LogP contribution in [0.15, 0.2) is 24.8 Å². The number of carbonyl (C=O) groups excluding carboxylic acids is 1. The summed E-state index contributed by atoms with van der Waals surface area (Å²) in [5, 5.41) is 0. The van der Waals surface area contributed by atoms with Crippen molar-refractivity contribution >= 4 is 5.78 Å². The third kappa shape index (κ3) is 14.7. The molecule has 0 spiro atoms. The molecule has 0 rings (SSSR count). The highest BCUT2D eigenvalue weighted by Crippen LogP contribution is 2.08. The maximum atomic E-state index is 10.5. The van der Waals surface area contributed by atoms with Crippen LogP contribution in [0.3, 0.4) is 0 Å². The fourth-order valence-electron chi connectivity index (χ4n) is 1.56. The van der Waals surface area contributed by atoms with Gasteiger partial charge in [0.25, 0.3) is 0 Å². The smallest absolute Gasteiger partial charge is 0.202 e. The summed E-state index contributed by atoms with van der Waals surface area (Å²) in [6, 6.07) is 0. The van der Waals surface area contributed by atoms with E-state index in [9.17, 15) is 4.79 Å². The summed E-state index contributed by atoms with van der Waals surface area (Å²) in [7, 11) is 0. The highest BCUT2D eigenvalue weighted by Gasteiger charge is 1.90. The van der Waals surface area contributed by atoms with Crippen LogP contribution in [-0.2, 0) is 4.79 Å². The Balaban J connectivity index is 3.14. The van der Waals surface area contributed by atoms with Crippen LogP contribution in [0.2, 0.25) is 0 Å². The van der Waals surface area contributed by atoms with Crippen molar-refractivity contribution in [3.05, 3.63) is 24.8 Å². The largest absolute Gasteiger partial charge is 0.285 e. The van der Waals surface area contributed by atoms with E-state index >= 15 is 0 Å². The fraction of sp³-hybridized carbons (Fsp3) is 0.562. The van der Waals surface area contributed by atoms with Crippen molar-refractivity contribution in [2.24, 2.45) is 0 Å². The lowest BCUT2D eigenvalue weighted by Crippen LogP contribution is -1.82. The molecule has 94 valence electrons. The second-order valence-electron chi connectivity index (χ2n) is 4.18. The van der Waals surface area contributed by atoms with Crippen molar-refractivity contribution in [1.82, 2.24) is 0 Å². The van der Waals surface area contributed by atoms with Gasteiger partial charge < -0.3 is 0 Å². The molecular formula is C16H24O. The first-order chi connectivity index (χ1) is 8.27. The number of Topliss-reactive ketones (excluding diaryl/α,β-unsaturated/α-hetero) is 1. The van der Waals surface area contributed by atoms with E-state index in [0.717, 1.165) is 19.3 Å².